The molecule has 3 heterocycles. The third-order valence-electron chi connectivity index (χ3n) is 5.27. The van der Waals surface area contributed by atoms with Crippen molar-refractivity contribution in [2.24, 2.45) is 5.92 Å². The van der Waals surface area contributed by atoms with Crippen LogP contribution in [0.5, 0.6) is 5.75 Å². The molecule has 0 saturated carbocycles. The monoisotopic (exact) mass is 436 g/mol. The normalized spacial score (nSPS) is 15.8. The molecular formula is C23H24N4O3S. The molecule has 2 aromatic heterocycles. The molecule has 0 bridgehead atoms. The second kappa shape index (κ2) is 9.70. The number of carbonyl (C=O) groups is 2. The van der Waals surface area contributed by atoms with E-state index < -0.39 is 0 Å². The number of nitrogens with one attached hydrogen (secondary N) is 1. The molecule has 7 nitrogen and oxygen atoms in total. The number of anilines is 1. The van der Waals surface area contributed by atoms with E-state index in [4.69, 9.17) is 4.74 Å². The van der Waals surface area contributed by atoms with Gasteiger partial charge in [0.15, 0.2) is 0 Å². The van der Waals surface area contributed by atoms with Gasteiger partial charge in [0.25, 0.3) is 0 Å². The first-order valence-corrected chi connectivity index (χ1v) is 11.1. The van der Waals surface area contributed by atoms with Crippen molar-refractivity contribution in [2.75, 3.05) is 25.1 Å². The average Bonchev–Trinajstić information content (AvgIpc) is 3.44. The molecule has 8 heteroatoms. The van der Waals surface area contributed by atoms with Gasteiger partial charge in [0, 0.05) is 55.0 Å². The minimum atomic E-state index is -0.326. The number of ether oxygens (including phenoxy) is 1. The summed E-state index contributed by atoms with van der Waals surface area (Å²) in [6.07, 6.45) is 5.36. The molecule has 1 saturated heterocycles. The molecule has 2 amide bonds. The molecule has 3 aromatic rings. The van der Waals surface area contributed by atoms with Gasteiger partial charge in [0.05, 0.1) is 23.7 Å². The maximum absolute atomic E-state index is 12.5. The fourth-order valence-corrected chi connectivity index (χ4v) is 4.42. The Morgan fingerprint density at radius 3 is 2.74 bits per heavy atom. The van der Waals surface area contributed by atoms with Gasteiger partial charge >= 0.3 is 0 Å². The number of hydrogen-bond donors (Lipinski definition) is 1. The standard InChI is InChI=1S/C23H24N4O3S/c1-30-19-6-4-18(5-7-19)27-14-17(13-22(27)28)23(29)25-10-2-3-21-26-20(15-31-21)16-8-11-24-12-9-16/h4-9,11-12,15,17H,2-3,10,13-14H2,1H3,(H,25,29). The van der Waals surface area contributed by atoms with Crippen LogP contribution in [-0.2, 0) is 16.0 Å². The van der Waals surface area contributed by atoms with Crippen molar-refractivity contribution in [3.8, 4) is 17.0 Å². The maximum Gasteiger partial charge on any atom is 0.227 e. The Labute approximate surface area is 185 Å². The zero-order valence-corrected chi connectivity index (χ0v) is 18.1. The summed E-state index contributed by atoms with van der Waals surface area (Å²) in [5.41, 5.74) is 2.79. The highest BCUT2D eigenvalue weighted by molar-refractivity contribution is 7.09. The first-order valence-electron chi connectivity index (χ1n) is 10.2. The summed E-state index contributed by atoms with van der Waals surface area (Å²) in [5, 5.41) is 6.06. The maximum atomic E-state index is 12.5. The van der Waals surface area contributed by atoms with Crippen molar-refractivity contribution in [2.45, 2.75) is 19.3 Å². The van der Waals surface area contributed by atoms with Crippen LogP contribution in [0.4, 0.5) is 5.69 Å². The van der Waals surface area contributed by atoms with Gasteiger partial charge in [-0.1, -0.05) is 0 Å². The molecule has 4 rings (SSSR count). The molecule has 0 radical (unpaired) electrons. The van der Waals surface area contributed by atoms with Crippen LogP contribution in [0.25, 0.3) is 11.3 Å². The number of thiazole rings is 1. The largest absolute Gasteiger partial charge is 0.497 e. The fourth-order valence-electron chi connectivity index (χ4n) is 3.57. The summed E-state index contributed by atoms with van der Waals surface area (Å²) >= 11 is 1.62. The van der Waals surface area contributed by atoms with E-state index in [0.29, 0.717) is 13.1 Å². The Morgan fingerprint density at radius 1 is 1.23 bits per heavy atom. The number of nitrogens with zero attached hydrogens (tertiary/aromatic N) is 3. The highest BCUT2D eigenvalue weighted by Gasteiger charge is 2.34. The highest BCUT2D eigenvalue weighted by Crippen LogP contribution is 2.27. The lowest BCUT2D eigenvalue weighted by atomic mass is 10.1. The van der Waals surface area contributed by atoms with Crippen LogP contribution in [0.3, 0.4) is 0 Å². The molecule has 1 aliphatic rings. The molecule has 160 valence electrons. The number of pyridine rings is 1. The van der Waals surface area contributed by atoms with Crippen LogP contribution >= 0.6 is 11.3 Å². The predicted octanol–water partition coefficient (Wildman–Crippen LogP) is 3.32. The molecular weight excluding hydrogens is 412 g/mol. The van der Waals surface area contributed by atoms with E-state index in [1.807, 2.05) is 41.8 Å². The summed E-state index contributed by atoms with van der Waals surface area (Å²) < 4.78 is 5.15. The number of rotatable bonds is 8. The zero-order chi connectivity index (χ0) is 21.6. The second-order valence-electron chi connectivity index (χ2n) is 7.36. The molecule has 0 spiro atoms. The summed E-state index contributed by atoms with van der Waals surface area (Å²) in [7, 11) is 1.60. The molecule has 0 aliphatic carbocycles. The van der Waals surface area contributed by atoms with Crippen LogP contribution in [0.15, 0.2) is 54.2 Å². The summed E-state index contributed by atoms with van der Waals surface area (Å²) in [4.78, 5) is 35.3. The summed E-state index contributed by atoms with van der Waals surface area (Å²) in [6.45, 7) is 0.967. The van der Waals surface area contributed by atoms with Crippen molar-refractivity contribution in [3.63, 3.8) is 0 Å². The molecule has 1 unspecified atom stereocenters. The SMILES string of the molecule is COc1ccc(N2CC(C(=O)NCCCc3nc(-c4ccncc4)cs3)CC2=O)cc1. The topological polar surface area (TPSA) is 84.4 Å². The van der Waals surface area contributed by atoms with Crippen LogP contribution in [0, 0.1) is 5.92 Å². The molecule has 1 aromatic carbocycles. The van der Waals surface area contributed by atoms with Crippen LogP contribution < -0.4 is 15.0 Å². The Kier molecular flexibility index (Phi) is 6.57. The van der Waals surface area contributed by atoms with Gasteiger partial charge in [-0.15, -0.1) is 11.3 Å². The minimum Gasteiger partial charge on any atom is -0.497 e. The van der Waals surface area contributed by atoms with Gasteiger partial charge in [0.1, 0.15) is 5.75 Å². The summed E-state index contributed by atoms with van der Waals surface area (Å²) in [5.74, 6) is 0.309. The lowest BCUT2D eigenvalue weighted by molar-refractivity contribution is -0.126. The van der Waals surface area contributed by atoms with Gasteiger partial charge in [0.2, 0.25) is 11.8 Å². The Morgan fingerprint density at radius 2 is 2.00 bits per heavy atom. The van der Waals surface area contributed by atoms with E-state index in [0.717, 1.165) is 40.5 Å². The quantitative estimate of drug-likeness (QED) is 0.548. The van der Waals surface area contributed by atoms with E-state index in [9.17, 15) is 9.59 Å². The first kappa shape index (κ1) is 21.0. The third kappa shape index (κ3) is 5.08. The average molecular weight is 437 g/mol. The van der Waals surface area contributed by atoms with Crippen LogP contribution in [0.2, 0.25) is 0 Å². The predicted molar refractivity (Wildman–Crippen MR) is 120 cm³/mol. The number of benzene rings is 1. The molecule has 1 N–H and O–H groups in total. The van der Waals surface area contributed by atoms with Gasteiger partial charge in [-0.05, 0) is 42.8 Å². The van der Waals surface area contributed by atoms with Crippen LogP contribution in [0.1, 0.15) is 17.8 Å². The number of carbonyl (C=O) groups excluding carboxylic acids is 2. The van der Waals surface area contributed by atoms with Crippen molar-refractivity contribution in [3.05, 3.63) is 59.2 Å². The lowest BCUT2D eigenvalue weighted by Gasteiger charge is -2.17. The third-order valence-corrected chi connectivity index (χ3v) is 6.18. The second-order valence-corrected chi connectivity index (χ2v) is 8.30. The molecule has 1 atom stereocenters. The number of aryl methyl sites for hydroxylation is 1. The Balaban J connectivity index is 1.23. The number of amides is 2. The number of hydrogen-bond acceptors (Lipinski definition) is 6. The van der Waals surface area contributed by atoms with Crippen molar-refractivity contribution >= 4 is 28.8 Å². The van der Waals surface area contributed by atoms with E-state index in [2.05, 4.69) is 15.3 Å². The summed E-state index contributed by atoms with van der Waals surface area (Å²) in [6, 6.07) is 11.2. The Bertz CT molecular complexity index is 1040. The number of methoxy groups -OCH3 is 1. The fraction of sp³-hybridized carbons (Fsp3) is 0.304. The van der Waals surface area contributed by atoms with E-state index in [1.165, 1.54) is 0 Å². The lowest BCUT2D eigenvalue weighted by Crippen LogP contribution is -2.33. The molecule has 1 aliphatic heterocycles. The van der Waals surface area contributed by atoms with E-state index >= 15 is 0 Å². The highest BCUT2D eigenvalue weighted by atomic mass is 32.1. The first-order chi connectivity index (χ1) is 15.1. The van der Waals surface area contributed by atoms with Gasteiger partial charge < -0.3 is 15.0 Å². The van der Waals surface area contributed by atoms with Crippen molar-refractivity contribution in [1.82, 2.24) is 15.3 Å². The van der Waals surface area contributed by atoms with E-state index in [1.54, 1.807) is 35.7 Å². The van der Waals surface area contributed by atoms with Gasteiger partial charge in [-0.25, -0.2) is 4.98 Å². The Hall–Kier alpha value is -3.26. The minimum absolute atomic E-state index is 0.0308. The van der Waals surface area contributed by atoms with Gasteiger partial charge in [-0.2, -0.15) is 0 Å². The van der Waals surface area contributed by atoms with E-state index in [-0.39, 0.29) is 24.2 Å². The van der Waals surface area contributed by atoms with Crippen LogP contribution in [-0.4, -0.2) is 42.0 Å². The molecule has 1 fully saturated rings. The molecule has 31 heavy (non-hydrogen) atoms. The zero-order valence-electron chi connectivity index (χ0n) is 17.3. The van der Waals surface area contributed by atoms with Crippen molar-refractivity contribution in [1.29, 1.82) is 0 Å². The van der Waals surface area contributed by atoms with Gasteiger partial charge in [-0.3, -0.25) is 14.6 Å². The smallest absolute Gasteiger partial charge is 0.227 e. The number of aromatic nitrogens is 2. The van der Waals surface area contributed by atoms with Crippen molar-refractivity contribution < 1.29 is 14.3 Å².